The zero-order chi connectivity index (χ0) is 12.4. The summed E-state index contributed by atoms with van der Waals surface area (Å²) in [5.74, 6) is 0. The Morgan fingerprint density at radius 1 is 1.22 bits per heavy atom. The summed E-state index contributed by atoms with van der Waals surface area (Å²) in [5.41, 5.74) is 2.48. The number of aliphatic hydroxyl groups is 1. The number of benzene rings is 1. The van der Waals surface area contributed by atoms with Crippen molar-refractivity contribution < 1.29 is 5.11 Å². The third-order valence-electron chi connectivity index (χ3n) is 3.85. The fourth-order valence-electron chi connectivity index (χ4n) is 2.34. The van der Waals surface area contributed by atoms with E-state index in [4.69, 9.17) is 0 Å². The Hall–Kier alpha value is -1.45. The predicted octanol–water partition coefficient (Wildman–Crippen LogP) is 2.10. The van der Waals surface area contributed by atoms with E-state index in [-0.39, 0.29) is 5.41 Å². The third-order valence-corrected chi connectivity index (χ3v) is 3.85. The predicted molar refractivity (Wildman–Crippen MR) is 72.2 cm³/mol. The smallest absolute Gasteiger partial charge is 0.0705 e. The van der Waals surface area contributed by atoms with Crippen molar-refractivity contribution >= 4 is 10.9 Å². The second-order valence-corrected chi connectivity index (χ2v) is 5.25. The maximum atomic E-state index is 9.28. The molecule has 2 aromatic rings. The van der Waals surface area contributed by atoms with Gasteiger partial charge in [0, 0.05) is 36.7 Å². The zero-order valence-corrected chi connectivity index (χ0v) is 10.4. The lowest BCUT2D eigenvalue weighted by Gasteiger charge is -2.13. The summed E-state index contributed by atoms with van der Waals surface area (Å²) in [7, 11) is 0. The number of fused-ring (bicyclic) bond motifs is 1. The van der Waals surface area contributed by atoms with E-state index in [9.17, 15) is 5.11 Å². The van der Waals surface area contributed by atoms with Crippen LogP contribution in [0.15, 0.2) is 36.5 Å². The molecule has 0 unspecified atom stereocenters. The van der Waals surface area contributed by atoms with Crippen LogP contribution < -0.4 is 5.32 Å². The first-order valence-corrected chi connectivity index (χ1v) is 6.47. The van der Waals surface area contributed by atoms with Gasteiger partial charge in [-0.05, 0) is 30.5 Å². The lowest BCUT2D eigenvalue weighted by Crippen LogP contribution is -2.26. The molecule has 0 atom stereocenters. The van der Waals surface area contributed by atoms with E-state index in [1.54, 1.807) is 0 Å². The van der Waals surface area contributed by atoms with Gasteiger partial charge in [-0.1, -0.05) is 18.2 Å². The van der Waals surface area contributed by atoms with Crippen molar-refractivity contribution in [1.29, 1.82) is 0 Å². The molecule has 18 heavy (non-hydrogen) atoms. The lowest BCUT2D eigenvalue weighted by molar-refractivity contribution is 0.207. The second-order valence-electron chi connectivity index (χ2n) is 5.25. The first kappa shape index (κ1) is 11.6. The molecule has 0 amide bonds. The van der Waals surface area contributed by atoms with E-state index in [0.717, 1.165) is 31.4 Å². The van der Waals surface area contributed by atoms with Crippen molar-refractivity contribution in [2.24, 2.45) is 5.41 Å². The topological polar surface area (TPSA) is 45.1 Å². The molecule has 1 heterocycles. The van der Waals surface area contributed by atoms with E-state index in [1.807, 2.05) is 24.4 Å². The molecular formula is C15H18N2O. The number of aliphatic hydroxyl groups excluding tert-OH is 1. The fraction of sp³-hybridized carbons (Fsp3) is 0.400. The summed E-state index contributed by atoms with van der Waals surface area (Å²) in [4.78, 5) is 4.36. The third kappa shape index (κ3) is 2.24. The molecule has 3 nitrogen and oxygen atoms in total. The minimum atomic E-state index is 0.169. The highest BCUT2D eigenvalue weighted by Gasteiger charge is 2.41. The number of pyridine rings is 1. The molecule has 0 saturated heterocycles. The number of nitrogens with zero attached hydrogens (tertiary/aromatic N) is 1. The standard InChI is InChI=1S/C15H18N2O/c18-11-15(6-7-15)10-16-9-12-5-8-17-14-4-2-1-3-13(12)14/h1-5,8,16,18H,6-7,9-11H2. The monoisotopic (exact) mass is 242 g/mol. The minimum Gasteiger partial charge on any atom is -0.396 e. The van der Waals surface area contributed by atoms with Gasteiger partial charge < -0.3 is 10.4 Å². The number of aromatic nitrogens is 1. The van der Waals surface area contributed by atoms with Crippen molar-refractivity contribution in [2.45, 2.75) is 19.4 Å². The molecular weight excluding hydrogens is 224 g/mol. The highest BCUT2D eigenvalue weighted by Crippen LogP contribution is 2.44. The van der Waals surface area contributed by atoms with Gasteiger partial charge in [-0.3, -0.25) is 4.98 Å². The van der Waals surface area contributed by atoms with Gasteiger partial charge in [0.1, 0.15) is 0 Å². The van der Waals surface area contributed by atoms with Crippen molar-refractivity contribution in [1.82, 2.24) is 10.3 Å². The van der Waals surface area contributed by atoms with E-state index in [2.05, 4.69) is 22.4 Å². The summed E-state index contributed by atoms with van der Waals surface area (Å²) in [5, 5.41) is 13.9. The molecule has 0 aliphatic heterocycles. The SMILES string of the molecule is OCC1(CNCc2ccnc3ccccc23)CC1. The molecule has 1 aliphatic carbocycles. The lowest BCUT2D eigenvalue weighted by atomic mass is 10.1. The molecule has 0 radical (unpaired) electrons. The summed E-state index contributed by atoms with van der Waals surface area (Å²) >= 11 is 0. The van der Waals surface area contributed by atoms with Gasteiger partial charge in [-0.25, -0.2) is 0 Å². The van der Waals surface area contributed by atoms with Gasteiger partial charge in [0.2, 0.25) is 0 Å². The fourth-order valence-corrected chi connectivity index (χ4v) is 2.34. The molecule has 1 saturated carbocycles. The molecule has 3 rings (SSSR count). The molecule has 0 bridgehead atoms. The van der Waals surface area contributed by atoms with Crippen molar-refractivity contribution in [3.63, 3.8) is 0 Å². The molecule has 3 heteroatoms. The number of nitrogens with one attached hydrogen (secondary N) is 1. The Balaban J connectivity index is 1.71. The van der Waals surface area contributed by atoms with E-state index < -0.39 is 0 Å². The largest absolute Gasteiger partial charge is 0.396 e. The van der Waals surface area contributed by atoms with Crippen LogP contribution in [0.5, 0.6) is 0 Å². The second kappa shape index (κ2) is 4.67. The molecule has 1 aromatic heterocycles. The van der Waals surface area contributed by atoms with Crippen LogP contribution >= 0.6 is 0 Å². The van der Waals surface area contributed by atoms with Crippen LogP contribution in [0.1, 0.15) is 18.4 Å². The van der Waals surface area contributed by atoms with Crippen molar-refractivity contribution in [3.05, 3.63) is 42.1 Å². The highest BCUT2D eigenvalue weighted by atomic mass is 16.3. The van der Waals surface area contributed by atoms with Crippen LogP contribution in [0.4, 0.5) is 0 Å². The molecule has 1 fully saturated rings. The average Bonchev–Trinajstić information content (AvgIpc) is 3.20. The van der Waals surface area contributed by atoms with Gasteiger partial charge >= 0.3 is 0 Å². The molecule has 1 aromatic carbocycles. The first-order valence-electron chi connectivity index (χ1n) is 6.47. The van der Waals surface area contributed by atoms with E-state index in [0.29, 0.717) is 6.61 Å². The van der Waals surface area contributed by atoms with E-state index >= 15 is 0 Å². The zero-order valence-electron chi connectivity index (χ0n) is 10.4. The number of hydrogen-bond donors (Lipinski definition) is 2. The van der Waals surface area contributed by atoms with Crippen LogP contribution in [0.2, 0.25) is 0 Å². The number of hydrogen-bond acceptors (Lipinski definition) is 3. The van der Waals surface area contributed by atoms with Crippen molar-refractivity contribution in [2.75, 3.05) is 13.2 Å². The van der Waals surface area contributed by atoms with Crippen LogP contribution in [0, 0.1) is 5.41 Å². The molecule has 1 aliphatic rings. The summed E-state index contributed by atoms with van der Waals surface area (Å²) < 4.78 is 0. The van der Waals surface area contributed by atoms with Crippen LogP contribution in [0.3, 0.4) is 0 Å². The van der Waals surface area contributed by atoms with Gasteiger partial charge in [-0.2, -0.15) is 0 Å². The molecule has 0 spiro atoms. The Morgan fingerprint density at radius 3 is 2.83 bits per heavy atom. The Kier molecular flexibility index (Phi) is 3.02. The Morgan fingerprint density at radius 2 is 2.06 bits per heavy atom. The van der Waals surface area contributed by atoms with Gasteiger partial charge in [0.25, 0.3) is 0 Å². The summed E-state index contributed by atoms with van der Waals surface area (Å²) in [6.07, 6.45) is 4.15. The number of para-hydroxylation sites is 1. The first-order chi connectivity index (χ1) is 8.83. The normalized spacial score (nSPS) is 16.9. The quantitative estimate of drug-likeness (QED) is 0.844. The van der Waals surface area contributed by atoms with Crippen LogP contribution in [-0.4, -0.2) is 23.2 Å². The van der Waals surface area contributed by atoms with Crippen LogP contribution in [0.25, 0.3) is 10.9 Å². The Bertz CT molecular complexity index is 544. The van der Waals surface area contributed by atoms with Gasteiger partial charge in [0.15, 0.2) is 0 Å². The maximum Gasteiger partial charge on any atom is 0.0705 e. The Labute approximate surface area is 107 Å². The van der Waals surface area contributed by atoms with Gasteiger partial charge in [-0.15, -0.1) is 0 Å². The highest BCUT2D eigenvalue weighted by molar-refractivity contribution is 5.81. The van der Waals surface area contributed by atoms with Gasteiger partial charge in [0.05, 0.1) is 5.52 Å². The van der Waals surface area contributed by atoms with E-state index in [1.165, 1.54) is 10.9 Å². The molecule has 2 N–H and O–H groups in total. The summed E-state index contributed by atoms with van der Waals surface area (Å²) in [6.45, 7) is 2.04. The average molecular weight is 242 g/mol. The maximum absolute atomic E-state index is 9.28. The molecule has 94 valence electrons. The number of rotatable bonds is 5. The van der Waals surface area contributed by atoms with Crippen molar-refractivity contribution in [3.8, 4) is 0 Å². The summed E-state index contributed by atoms with van der Waals surface area (Å²) in [6, 6.07) is 10.3. The minimum absolute atomic E-state index is 0.169. The van der Waals surface area contributed by atoms with Crippen LogP contribution in [-0.2, 0) is 6.54 Å².